The van der Waals surface area contributed by atoms with Gasteiger partial charge in [0, 0.05) is 0 Å². The van der Waals surface area contributed by atoms with Crippen molar-refractivity contribution in [3.63, 3.8) is 0 Å². The molecule has 66 valence electrons. The topological polar surface area (TPSA) is 25.8 Å². The van der Waals surface area contributed by atoms with Crippen LogP contribution in [0.3, 0.4) is 0 Å². The Balaban J connectivity index is 2.68. The summed E-state index contributed by atoms with van der Waals surface area (Å²) in [6, 6.07) is 0. The molecule has 1 heterocycles. The van der Waals surface area contributed by atoms with Crippen molar-refractivity contribution in [1.29, 1.82) is 0 Å². The molecule has 1 rings (SSSR count). The number of unbranched alkanes of at least 4 members (excludes halogenated alkanes) is 1. The van der Waals surface area contributed by atoms with Gasteiger partial charge in [0.1, 0.15) is 0 Å². The Morgan fingerprint density at radius 2 is 1.75 bits per heavy atom. The number of hydrogen-bond acceptors (Lipinski definition) is 2. The first-order chi connectivity index (χ1) is 5.88. The van der Waals surface area contributed by atoms with Crippen molar-refractivity contribution in [2.45, 2.75) is 39.5 Å². The highest BCUT2D eigenvalue weighted by Crippen LogP contribution is 2.09. The van der Waals surface area contributed by atoms with Gasteiger partial charge in [0.05, 0.1) is 12.4 Å². The van der Waals surface area contributed by atoms with Crippen molar-refractivity contribution in [3.8, 4) is 0 Å². The molecule has 0 fully saturated rings. The molecule has 0 radical (unpaired) electrons. The van der Waals surface area contributed by atoms with E-state index in [2.05, 4.69) is 24.0 Å². The molecule has 0 unspecified atom stereocenters. The fourth-order valence-electron chi connectivity index (χ4n) is 1.28. The summed E-state index contributed by atoms with van der Waals surface area (Å²) >= 11 is 0. The lowest BCUT2D eigenvalue weighted by Gasteiger charge is -2.03. The molecule has 12 heavy (non-hydrogen) atoms. The second-order valence-electron chi connectivity index (χ2n) is 3.00. The molecule has 2 heteroatoms. The molecule has 0 amide bonds. The van der Waals surface area contributed by atoms with E-state index >= 15 is 0 Å². The van der Waals surface area contributed by atoms with E-state index in [0.29, 0.717) is 0 Å². The summed E-state index contributed by atoms with van der Waals surface area (Å²) in [4.78, 5) is 0. The molecule has 0 spiro atoms. The van der Waals surface area contributed by atoms with Gasteiger partial charge in [-0.05, 0) is 30.4 Å². The zero-order chi connectivity index (χ0) is 8.81. The van der Waals surface area contributed by atoms with Gasteiger partial charge in [-0.3, -0.25) is 0 Å². The van der Waals surface area contributed by atoms with Crippen LogP contribution in [0.2, 0.25) is 0 Å². The van der Waals surface area contributed by atoms with E-state index in [1.54, 1.807) is 0 Å². The SMILES string of the molecule is CCCCc1cnncc1CC. The number of aromatic nitrogens is 2. The van der Waals surface area contributed by atoms with Crippen LogP contribution in [0, 0.1) is 0 Å². The van der Waals surface area contributed by atoms with E-state index in [1.165, 1.54) is 24.0 Å². The minimum Gasteiger partial charge on any atom is -0.159 e. The lowest BCUT2D eigenvalue weighted by molar-refractivity contribution is 0.776. The smallest absolute Gasteiger partial charge is 0.0530 e. The first-order valence-corrected chi connectivity index (χ1v) is 4.67. The molecule has 0 aliphatic rings. The van der Waals surface area contributed by atoms with Crippen molar-refractivity contribution in [2.24, 2.45) is 0 Å². The molecule has 1 aromatic rings. The van der Waals surface area contributed by atoms with Crippen LogP contribution in [0.4, 0.5) is 0 Å². The number of hydrogen-bond donors (Lipinski definition) is 0. The molecular weight excluding hydrogens is 148 g/mol. The third-order valence-electron chi connectivity index (χ3n) is 2.09. The predicted octanol–water partition coefficient (Wildman–Crippen LogP) is 2.38. The van der Waals surface area contributed by atoms with Gasteiger partial charge in [-0.2, -0.15) is 10.2 Å². The largest absolute Gasteiger partial charge is 0.159 e. The van der Waals surface area contributed by atoms with E-state index in [0.717, 1.165) is 12.8 Å². The summed E-state index contributed by atoms with van der Waals surface area (Å²) < 4.78 is 0. The molecule has 0 atom stereocenters. The van der Waals surface area contributed by atoms with Crippen LogP contribution in [0.1, 0.15) is 37.8 Å². The Hall–Kier alpha value is -0.920. The fraction of sp³-hybridized carbons (Fsp3) is 0.600. The first-order valence-electron chi connectivity index (χ1n) is 4.67. The maximum atomic E-state index is 3.90. The van der Waals surface area contributed by atoms with E-state index < -0.39 is 0 Å². The van der Waals surface area contributed by atoms with Crippen LogP contribution >= 0.6 is 0 Å². The van der Waals surface area contributed by atoms with Gasteiger partial charge in [0.15, 0.2) is 0 Å². The van der Waals surface area contributed by atoms with Gasteiger partial charge in [-0.1, -0.05) is 20.3 Å². The summed E-state index contributed by atoms with van der Waals surface area (Å²) in [6.07, 6.45) is 8.48. The summed E-state index contributed by atoms with van der Waals surface area (Å²) in [7, 11) is 0. The van der Waals surface area contributed by atoms with E-state index in [1.807, 2.05) is 12.4 Å². The monoisotopic (exact) mass is 164 g/mol. The van der Waals surface area contributed by atoms with Crippen molar-refractivity contribution >= 4 is 0 Å². The van der Waals surface area contributed by atoms with Gasteiger partial charge in [-0.15, -0.1) is 0 Å². The van der Waals surface area contributed by atoms with Crippen molar-refractivity contribution in [2.75, 3.05) is 0 Å². The van der Waals surface area contributed by atoms with Crippen LogP contribution in [0.15, 0.2) is 12.4 Å². The molecule has 0 aromatic carbocycles. The normalized spacial score (nSPS) is 10.2. The third kappa shape index (κ3) is 2.29. The highest BCUT2D eigenvalue weighted by atomic mass is 15.1. The molecule has 0 bridgehead atoms. The summed E-state index contributed by atoms with van der Waals surface area (Å²) in [5, 5.41) is 7.77. The Kier molecular flexibility index (Phi) is 3.71. The molecule has 1 aromatic heterocycles. The molecule has 0 N–H and O–H groups in total. The van der Waals surface area contributed by atoms with Crippen molar-refractivity contribution in [3.05, 3.63) is 23.5 Å². The van der Waals surface area contributed by atoms with Gasteiger partial charge >= 0.3 is 0 Å². The zero-order valence-electron chi connectivity index (χ0n) is 7.88. The fourth-order valence-corrected chi connectivity index (χ4v) is 1.28. The average Bonchev–Trinajstić information content (AvgIpc) is 2.15. The average molecular weight is 164 g/mol. The second-order valence-corrected chi connectivity index (χ2v) is 3.00. The van der Waals surface area contributed by atoms with E-state index in [-0.39, 0.29) is 0 Å². The Morgan fingerprint density at radius 3 is 2.33 bits per heavy atom. The van der Waals surface area contributed by atoms with Gasteiger partial charge in [0.25, 0.3) is 0 Å². The van der Waals surface area contributed by atoms with E-state index in [4.69, 9.17) is 0 Å². The molecule has 0 aliphatic carbocycles. The Morgan fingerprint density at radius 1 is 1.08 bits per heavy atom. The minimum atomic E-state index is 1.06. The van der Waals surface area contributed by atoms with E-state index in [9.17, 15) is 0 Å². The predicted molar refractivity (Wildman–Crippen MR) is 50.0 cm³/mol. The maximum absolute atomic E-state index is 3.90. The van der Waals surface area contributed by atoms with Crippen LogP contribution in [-0.2, 0) is 12.8 Å². The standard InChI is InChI=1S/C10H16N2/c1-3-5-6-10-8-12-11-7-9(10)4-2/h7-8H,3-6H2,1-2H3. The molecule has 0 aliphatic heterocycles. The number of nitrogens with zero attached hydrogens (tertiary/aromatic N) is 2. The van der Waals surface area contributed by atoms with Crippen LogP contribution in [0.5, 0.6) is 0 Å². The zero-order valence-corrected chi connectivity index (χ0v) is 7.88. The van der Waals surface area contributed by atoms with Crippen LogP contribution in [-0.4, -0.2) is 10.2 Å². The second kappa shape index (κ2) is 4.86. The summed E-state index contributed by atoms with van der Waals surface area (Å²) in [5.41, 5.74) is 2.72. The number of rotatable bonds is 4. The Labute approximate surface area is 74.0 Å². The lowest BCUT2D eigenvalue weighted by atomic mass is 10.0. The lowest BCUT2D eigenvalue weighted by Crippen LogP contribution is -1.95. The minimum absolute atomic E-state index is 1.06. The quantitative estimate of drug-likeness (QED) is 0.682. The third-order valence-corrected chi connectivity index (χ3v) is 2.09. The van der Waals surface area contributed by atoms with Gasteiger partial charge in [-0.25, -0.2) is 0 Å². The highest BCUT2D eigenvalue weighted by Gasteiger charge is 1.99. The summed E-state index contributed by atoms with van der Waals surface area (Å²) in [5.74, 6) is 0. The maximum Gasteiger partial charge on any atom is 0.0530 e. The molecule has 0 saturated carbocycles. The van der Waals surface area contributed by atoms with Crippen molar-refractivity contribution in [1.82, 2.24) is 10.2 Å². The molecule has 2 nitrogen and oxygen atoms in total. The Bertz CT molecular complexity index is 233. The van der Waals surface area contributed by atoms with Gasteiger partial charge in [0.2, 0.25) is 0 Å². The van der Waals surface area contributed by atoms with Crippen molar-refractivity contribution < 1.29 is 0 Å². The van der Waals surface area contributed by atoms with Crippen LogP contribution in [0.25, 0.3) is 0 Å². The first kappa shape index (κ1) is 9.17. The highest BCUT2D eigenvalue weighted by molar-refractivity contribution is 5.20. The molecular formula is C10H16N2. The van der Waals surface area contributed by atoms with Gasteiger partial charge < -0.3 is 0 Å². The molecule has 0 saturated heterocycles. The van der Waals surface area contributed by atoms with Crippen LogP contribution < -0.4 is 0 Å². The number of aryl methyl sites for hydroxylation is 2. The summed E-state index contributed by atoms with van der Waals surface area (Å²) in [6.45, 7) is 4.37.